The highest BCUT2D eigenvalue weighted by atomic mass is 19.1. The minimum Gasteiger partial charge on any atom is -0.346 e. The third kappa shape index (κ3) is 3.44. The Morgan fingerprint density at radius 3 is 2.52 bits per heavy atom. The van der Waals surface area contributed by atoms with Gasteiger partial charge in [-0.3, -0.25) is 4.79 Å². The summed E-state index contributed by atoms with van der Waals surface area (Å²) < 4.78 is 15.4. The number of aromatic nitrogens is 2. The van der Waals surface area contributed by atoms with E-state index in [2.05, 4.69) is 10.4 Å². The minimum absolute atomic E-state index is 0.119. The van der Waals surface area contributed by atoms with Crippen molar-refractivity contribution in [3.8, 4) is 11.1 Å². The van der Waals surface area contributed by atoms with Crippen LogP contribution < -0.4 is 5.32 Å². The van der Waals surface area contributed by atoms with Gasteiger partial charge in [0.2, 0.25) is 0 Å². The number of pyridine rings is 1. The largest absolute Gasteiger partial charge is 0.346 e. The van der Waals surface area contributed by atoms with Gasteiger partial charge in [-0.1, -0.05) is 48.5 Å². The highest BCUT2D eigenvalue weighted by Crippen LogP contribution is 2.23. The molecule has 0 radical (unpaired) electrons. The van der Waals surface area contributed by atoms with E-state index in [1.807, 2.05) is 49.4 Å². The van der Waals surface area contributed by atoms with Gasteiger partial charge in [-0.25, -0.2) is 8.91 Å². The predicted molar refractivity (Wildman–Crippen MR) is 103 cm³/mol. The van der Waals surface area contributed by atoms with Crippen molar-refractivity contribution < 1.29 is 9.18 Å². The van der Waals surface area contributed by atoms with Gasteiger partial charge in [0.05, 0.1) is 5.52 Å². The molecule has 0 aliphatic rings. The zero-order valence-electron chi connectivity index (χ0n) is 14.8. The quantitative estimate of drug-likeness (QED) is 0.588. The Morgan fingerprint density at radius 1 is 1.00 bits per heavy atom. The number of fused-ring (bicyclic) bond motifs is 1. The fourth-order valence-electron chi connectivity index (χ4n) is 3.08. The van der Waals surface area contributed by atoms with Crippen LogP contribution in [-0.2, 0) is 6.54 Å². The van der Waals surface area contributed by atoms with Crippen LogP contribution in [0.1, 0.15) is 21.7 Å². The summed E-state index contributed by atoms with van der Waals surface area (Å²) in [5.74, 6) is -0.668. The lowest BCUT2D eigenvalue weighted by Crippen LogP contribution is -2.23. The molecule has 2 heterocycles. The molecule has 4 rings (SSSR count). The maximum atomic E-state index is 13.7. The average Bonchev–Trinajstić information content (AvgIpc) is 3.13. The molecule has 2 aromatic carbocycles. The highest BCUT2D eigenvalue weighted by molar-refractivity contribution is 5.93. The van der Waals surface area contributed by atoms with Crippen molar-refractivity contribution in [1.82, 2.24) is 14.9 Å². The summed E-state index contributed by atoms with van der Waals surface area (Å²) in [6, 6.07) is 22.2. The van der Waals surface area contributed by atoms with Gasteiger partial charge in [0.15, 0.2) is 5.69 Å². The SMILES string of the molecule is Cc1cc(-c2ccccc2)cc2cc(C(=O)NCc3ccccc3F)nn12. The second kappa shape index (κ2) is 7.03. The molecule has 0 spiro atoms. The Labute approximate surface area is 156 Å². The third-order valence-electron chi connectivity index (χ3n) is 4.48. The van der Waals surface area contributed by atoms with E-state index in [1.54, 1.807) is 28.8 Å². The lowest BCUT2D eigenvalue weighted by Gasteiger charge is -2.05. The van der Waals surface area contributed by atoms with Gasteiger partial charge < -0.3 is 5.32 Å². The van der Waals surface area contributed by atoms with E-state index >= 15 is 0 Å². The van der Waals surface area contributed by atoms with Crippen molar-refractivity contribution in [3.05, 3.63) is 95.6 Å². The Balaban J connectivity index is 1.60. The number of hydrogen-bond donors (Lipinski definition) is 1. The predicted octanol–water partition coefficient (Wildman–Crippen LogP) is 4.38. The molecule has 0 unspecified atom stereocenters. The average molecular weight is 359 g/mol. The Kier molecular flexibility index (Phi) is 4.42. The molecule has 4 nitrogen and oxygen atoms in total. The van der Waals surface area contributed by atoms with Gasteiger partial charge in [0.1, 0.15) is 5.82 Å². The monoisotopic (exact) mass is 359 g/mol. The van der Waals surface area contributed by atoms with Gasteiger partial charge in [-0.15, -0.1) is 0 Å². The van der Waals surface area contributed by atoms with E-state index in [0.717, 1.165) is 22.3 Å². The molecule has 0 aliphatic carbocycles. The molecular formula is C22H18FN3O. The molecule has 1 N–H and O–H groups in total. The number of carbonyl (C=O) groups excluding carboxylic acids is 1. The number of hydrogen-bond acceptors (Lipinski definition) is 2. The topological polar surface area (TPSA) is 46.4 Å². The normalized spacial score (nSPS) is 10.9. The Morgan fingerprint density at radius 2 is 1.74 bits per heavy atom. The van der Waals surface area contributed by atoms with Crippen LogP contribution in [0, 0.1) is 12.7 Å². The van der Waals surface area contributed by atoms with Crippen LogP contribution in [0.25, 0.3) is 16.6 Å². The fourth-order valence-corrected chi connectivity index (χ4v) is 3.08. The molecule has 1 amide bonds. The maximum absolute atomic E-state index is 13.7. The minimum atomic E-state index is -0.337. The first-order valence-corrected chi connectivity index (χ1v) is 8.69. The molecule has 0 saturated heterocycles. The van der Waals surface area contributed by atoms with Crippen molar-refractivity contribution in [3.63, 3.8) is 0 Å². The second-order valence-corrected chi connectivity index (χ2v) is 6.39. The third-order valence-corrected chi connectivity index (χ3v) is 4.48. The number of rotatable bonds is 4. The van der Waals surface area contributed by atoms with Crippen LogP contribution in [0.3, 0.4) is 0 Å². The van der Waals surface area contributed by atoms with E-state index in [0.29, 0.717) is 11.3 Å². The fraction of sp³-hybridized carbons (Fsp3) is 0.0909. The maximum Gasteiger partial charge on any atom is 0.272 e. The van der Waals surface area contributed by atoms with Gasteiger partial charge >= 0.3 is 0 Å². The standard InChI is InChI=1S/C22H18FN3O/c1-15-11-18(16-7-3-2-4-8-16)12-19-13-21(25-26(15)19)22(27)24-14-17-9-5-6-10-20(17)23/h2-13H,14H2,1H3,(H,24,27). The Hall–Kier alpha value is -3.47. The molecule has 4 aromatic rings. The molecule has 0 saturated carbocycles. The number of halogens is 1. The molecule has 0 aliphatic heterocycles. The van der Waals surface area contributed by atoms with Gasteiger partial charge in [-0.05, 0) is 42.3 Å². The summed E-state index contributed by atoms with van der Waals surface area (Å²) in [7, 11) is 0. The van der Waals surface area contributed by atoms with Gasteiger partial charge in [0.25, 0.3) is 5.91 Å². The molecule has 0 fully saturated rings. The summed E-state index contributed by atoms with van der Waals surface area (Å²) in [5.41, 5.74) is 4.69. The zero-order chi connectivity index (χ0) is 18.8. The van der Waals surface area contributed by atoms with Crippen LogP contribution in [0.2, 0.25) is 0 Å². The van der Waals surface area contributed by atoms with Crippen molar-refractivity contribution in [2.45, 2.75) is 13.5 Å². The van der Waals surface area contributed by atoms with E-state index in [-0.39, 0.29) is 18.3 Å². The number of aryl methyl sites for hydroxylation is 1. The van der Waals surface area contributed by atoms with Gasteiger partial charge in [-0.2, -0.15) is 5.10 Å². The highest BCUT2D eigenvalue weighted by Gasteiger charge is 2.13. The summed E-state index contributed by atoms with van der Waals surface area (Å²) in [6.45, 7) is 2.07. The first kappa shape index (κ1) is 17.0. The number of carbonyl (C=O) groups is 1. The number of amides is 1. The lowest BCUT2D eigenvalue weighted by atomic mass is 10.1. The van der Waals surface area contributed by atoms with Crippen molar-refractivity contribution in [2.24, 2.45) is 0 Å². The van der Waals surface area contributed by atoms with Crippen molar-refractivity contribution >= 4 is 11.4 Å². The molecule has 27 heavy (non-hydrogen) atoms. The summed E-state index contributed by atoms with van der Waals surface area (Å²) in [5, 5.41) is 7.12. The molecule has 134 valence electrons. The van der Waals surface area contributed by atoms with Crippen molar-refractivity contribution in [2.75, 3.05) is 0 Å². The Bertz CT molecular complexity index is 1120. The van der Waals surface area contributed by atoms with E-state index in [4.69, 9.17) is 0 Å². The van der Waals surface area contributed by atoms with Crippen LogP contribution in [-0.4, -0.2) is 15.5 Å². The van der Waals surface area contributed by atoms with E-state index in [9.17, 15) is 9.18 Å². The van der Waals surface area contributed by atoms with Crippen LogP contribution in [0.15, 0.2) is 72.8 Å². The lowest BCUT2D eigenvalue weighted by molar-refractivity contribution is 0.0945. The number of benzene rings is 2. The molecular weight excluding hydrogens is 341 g/mol. The van der Waals surface area contributed by atoms with Gasteiger partial charge in [0, 0.05) is 17.8 Å². The molecule has 2 aromatic heterocycles. The molecule has 0 bridgehead atoms. The van der Waals surface area contributed by atoms with E-state index < -0.39 is 0 Å². The molecule has 5 heteroatoms. The summed E-state index contributed by atoms with van der Waals surface area (Å²) >= 11 is 0. The number of nitrogens with one attached hydrogen (secondary N) is 1. The van der Waals surface area contributed by atoms with Crippen LogP contribution in [0.4, 0.5) is 4.39 Å². The molecule has 0 atom stereocenters. The second-order valence-electron chi connectivity index (χ2n) is 6.39. The zero-order valence-corrected chi connectivity index (χ0v) is 14.8. The first-order valence-electron chi connectivity index (χ1n) is 8.69. The van der Waals surface area contributed by atoms with Crippen LogP contribution >= 0.6 is 0 Å². The number of nitrogens with zero attached hydrogens (tertiary/aromatic N) is 2. The van der Waals surface area contributed by atoms with Crippen LogP contribution in [0.5, 0.6) is 0 Å². The summed E-state index contributed by atoms with van der Waals surface area (Å²) in [4.78, 5) is 12.5. The summed E-state index contributed by atoms with van der Waals surface area (Å²) in [6.07, 6.45) is 0. The smallest absolute Gasteiger partial charge is 0.272 e. The van der Waals surface area contributed by atoms with Crippen molar-refractivity contribution in [1.29, 1.82) is 0 Å². The first-order chi connectivity index (χ1) is 13.1. The van der Waals surface area contributed by atoms with E-state index in [1.165, 1.54) is 6.07 Å².